The van der Waals surface area contributed by atoms with Gasteiger partial charge in [-0.05, 0) is 75.0 Å². The molecular weight excluding hydrogens is 580 g/mol. The van der Waals surface area contributed by atoms with Crippen LogP contribution >= 0.6 is 0 Å². The van der Waals surface area contributed by atoms with E-state index in [-0.39, 0.29) is 47.4 Å². The number of nitrogens with one attached hydrogen (secondary N) is 2. The van der Waals surface area contributed by atoms with Gasteiger partial charge in [0, 0.05) is 47.5 Å². The van der Waals surface area contributed by atoms with E-state index in [2.05, 4.69) is 24.1 Å². The van der Waals surface area contributed by atoms with Gasteiger partial charge in [0.15, 0.2) is 0 Å². The number of benzene rings is 1. The van der Waals surface area contributed by atoms with Gasteiger partial charge in [-0.15, -0.1) is 0 Å². The van der Waals surface area contributed by atoms with E-state index in [9.17, 15) is 19.2 Å². The molecule has 3 fully saturated rings. The number of amides is 4. The number of unbranched alkanes of at least 4 members (excludes halogenated alkanes) is 1. The van der Waals surface area contributed by atoms with Crippen LogP contribution in [-0.4, -0.2) is 64.2 Å². The number of fused-ring (bicyclic) bond motifs is 4. The van der Waals surface area contributed by atoms with Crippen molar-refractivity contribution >= 4 is 34.5 Å². The number of hydrogen-bond donors (Lipinski definition) is 2. The molecule has 1 aromatic carbocycles. The lowest BCUT2D eigenvalue weighted by Gasteiger charge is -2.50. The lowest BCUT2D eigenvalue weighted by atomic mass is 9.82. The van der Waals surface area contributed by atoms with Crippen LogP contribution in [0.3, 0.4) is 0 Å². The molecule has 3 heterocycles. The third-order valence-electron chi connectivity index (χ3n) is 11.0. The number of aromatic amines is 1. The van der Waals surface area contributed by atoms with Crippen molar-refractivity contribution in [1.82, 2.24) is 20.1 Å². The molecule has 6 rings (SSSR count). The summed E-state index contributed by atoms with van der Waals surface area (Å²) in [4.78, 5) is 62.9. The normalized spacial score (nSPS) is 24.3. The Labute approximate surface area is 273 Å². The monoisotopic (exact) mass is 632 g/mol. The fraction of sp³-hybridized carbons (Fsp3) is 0.676. The van der Waals surface area contributed by atoms with E-state index in [0.717, 1.165) is 85.7 Å². The van der Waals surface area contributed by atoms with Crippen LogP contribution in [0.2, 0.25) is 0 Å². The Morgan fingerprint density at radius 1 is 0.935 bits per heavy atom. The lowest BCUT2D eigenvalue weighted by molar-refractivity contribution is -0.173. The van der Waals surface area contributed by atoms with Crippen molar-refractivity contribution in [3.05, 3.63) is 29.5 Å². The van der Waals surface area contributed by atoms with Gasteiger partial charge < -0.3 is 19.9 Å². The molecule has 2 aliphatic heterocycles. The number of aromatic nitrogens is 1. The molecule has 4 aliphatic rings. The van der Waals surface area contributed by atoms with Gasteiger partial charge in [-0.2, -0.15) is 0 Å². The Morgan fingerprint density at radius 3 is 2.30 bits per heavy atom. The molecule has 0 unspecified atom stereocenters. The molecule has 2 saturated carbocycles. The zero-order valence-electron chi connectivity index (χ0n) is 27.9. The summed E-state index contributed by atoms with van der Waals surface area (Å²) in [5.41, 5.74) is 2.98. The van der Waals surface area contributed by atoms with Crippen molar-refractivity contribution < 1.29 is 23.9 Å². The van der Waals surface area contributed by atoms with Gasteiger partial charge in [-0.25, -0.2) is 0 Å². The molecule has 4 amide bonds. The van der Waals surface area contributed by atoms with Gasteiger partial charge in [0.1, 0.15) is 17.8 Å². The second kappa shape index (κ2) is 14.2. The molecule has 9 nitrogen and oxygen atoms in total. The summed E-state index contributed by atoms with van der Waals surface area (Å²) in [5.74, 6) is 0.560. The van der Waals surface area contributed by atoms with Crippen LogP contribution in [0.1, 0.15) is 121 Å². The van der Waals surface area contributed by atoms with E-state index in [1.54, 1.807) is 7.11 Å². The van der Waals surface area contributed by atoms with E-state index < -0.39 is 12.1 Å². The Hall–Kier alpha value is -3.36. The number of piperazine rings is 1. The zero-order chi connectivity index (χ0) is 32.4. The first-order valence-electron chi connectivity index (χ1n) is 17.9. The Balaban J connectivity index is 1.26. The molecule has 2 N–H and O–H groups in total. The van der Waals surface area contributed by atoms with Crippen LogP contribution in [0.4, 0.5) is 0 Å². The molecule has 9 heteroatoms. The van der Waals surface area contributed by atoms with E-state index in [0.29, 0.717) is 38.6 Å². The van der Waals surface area contributed by atoms with Crippen LogP contribution in [0.15, 0.2) is 18.2 Å². The number of carbonyl (C=O) groups is 4. The highest BCUT2D eigenvalue weighted by Crippen LogP contribution is 2.44. The third kappa shape index (κ3) is 6.43. The number of imide groups is 1. The molecule has 0 radical (unpaired) electrons. The molecule has 0 bridgehead atoms. The summed E-state index contributed by atoms with van der Waals surface area (Å²) in [6.45, 7) is 4.83. The van der Waals surface area contributed by atoms with Crippen molar-refractivity contribution in [2.75, 3.05) is 13.7 Å². The smallest absolute Gasteiger partial charge is 0.253 e. The van der Waals surface area contributed by atoms with Crippen molar-refractivity contribution in [3.63, 3.8) is 0 Å². The average molecular weight is 633 g/mol. The molecule has 1 saturated heterocycles. The van der Waals surface area contributed by atoms with Gasteiger partial charge in [-0.3, -0.25) is 24.1 Å². The number of hydrogen-bond acceptors (Lipinski definition) is 5. The van der Waals surface area contributed by atoms with Gasteiger partial charge in [0.05, 0.1) is 13.2 Å². The summed E-state index contributed by atoms with van der Waals surface area (Å²) in [7, 11) is 1.64. The van der Waals surface area contributed by atoms with Crippen LogP contribution < -0.4 is 10.1 Å². The predicted octanol–water partition coefficient (Wildman–Crippen LogP) is 6.20. The van der Waals surface area contributed by atoms with Crippen LogP contribution in [0, 0.1) is 17.8 Å². The Morgan fingerprint density at radius 2 is 1.63 bits per heavy atom. The largest absolute Gasteiger partial charge is 0.497 e. The summed E-state index contributed by atoms with van der Waals surface area (Å²) >= 11 is 0. The Kier molecular flexibility index (Phi) is 10.0. The van der Waals surface area contributed by atoms with Crippen LogP contribution in [-0.2, 0) is 25.6 Å². The van der Waals surface area contributed by atoms with Gasteiger partial charge >= 0.3 is 0 Å². The SMILES string of the molecule is COc1ccc2c3c([nH]c2c1)[C@H](CC(C)C)N1C(=O)[C@H](CCCCNC(=O)C2CCCCC2)N(C(=O)C2CCCCC2)C(=O)[C@@H]1C3. The minimum absolute atomic E-state index is 0.111. The van der Waals surface area contributed by atoms with E-state index in [4.69, 9.17) is 4.74 Å². The molecule has 3 atom stereocenters. The first-order valence-corrected chi connectivity index (χ1v) is 17.9. The number of carbonyl (C=O) groups excluding carboxylic acids is 4. The quantitative estimate of drug-likeness (QED) is 0.239. The van der Waals surface area contributed by atoms with Gasteiger partial charge in [0.2, 0.25) is 17.7 Å². The Bertz CT molecular complexity index is 1440. The van der Waals surface area contributed by atoms with Crippen LogP contribution in [0.25, 0.3) is 10.9 Å². The lowest BCUT2D eigenvalue weighted by Crippen LogP contribution is -2.68. The second-order valence-corrected chi connectivity index (χ2v) is 14.6. The van der Waals surface area contributed by atoms with Gasteiger partial charge in [0.25, 0.3) is 5.91 Å². The molecule has 46 heavy (non-hydrogen) atoms. The maximum atomic E-state index is 14.7. The highest BCUT2D eigenvalue weighted by atomic mass is 16.5. The first-order chi connectivity index (χ1) is 22.3. The summed E-state index contributed by atoms with van der Waals surface area (Å²) in [5, 5.41) is 4.14. The molecular formula is C37H52N4O5. The van der Waals surface area contributed by atoms with Crippen molar-refractivity contribution in [1.29, 1.82) is 0 Å². The maximum Gasteiger partial charge on any atom is 0.253 e. The first kappa shape index (κ1) is 32.6. The van der Waals surface area contributed by atoms with Crippen LogP contribution in [0.5, 0.6) is 5.75 Å². The predicted molar refractivity (Wildman–Crippen MR) is 177 cm³/mol. The standard InChI is InChI=1S/C37H52N4O5/c1-23(2)20-31-33-28(27-18-17-26(46-3)21-29(27)39-33)22-32-37(45)41(35(43)25-14-8-5-9-15-25)30(36(44)40(31)32)16-10-11-19-38-34(42)24-12-6-4-7-13-24/h17-18,21,23-25,30-32,39H,4-16,19-20,22H2,1-3H3,(H,38,42)/t30-,31-,32-/m0/s1. The third-order valence-corrected chi connectivity index (χ3v) is 11.0. The molecule has 1 aromatic heterocycles. The molecule has 2 aliphatic carbocycles. The molecule has 0 spiro atoms. The van der Waals surface area contributed by atoms with Crippen molar-refractivity contribution in [2.24, 2.45) is 17.8 Å². The summed E-state index contributed by atoms with van der Waals surface area (Å²) in [6, 6.07) is 4.13. The number of rotatable bonds is 10. The second-order valence-electron chi connectivity index (χ2n) is 14.6. The van der Waals surface area contributed by atoms with Crippen molar-refractivity contribution in [2.45, 2.75) is 128 Å². The highest BCUT2D eigenvalue weighted by Gasteiger charge is 2.54. The summed E-state index contributed by atoms with van der Waals surface area (Å²) < 4.78 is 5.48. The van der Waals surface area contributed by atoms with E-state index >= 15 is 0 Å². The van der Waals surface area contributed by atoms with E-state index in [1.165, 1.54) is 11.3 Å². The zero-order valence-corrected chi connectivity index (χ0v) is 27.9. The topological polar surface area (TPSA) is 112 Å². The fourth-order valence-electron chi connectivity index (χ4n) is 8.57. The average Bonchev–Trinajstić information content (AvgIpc) is 3.44. The minimum atomic E-state index is -0.812. The highest BCUT2D eigenvalue weighted by molar-refractivity contribution is 6.08. The molecule has 2 aromatic rings. The molecule has 250 valence electrons. The number of H-pyrrole nitrogens is 1. The number of ether oxygens (including phenoxy) is 1. The number of nitrogens with zero attached hydrogens (tertiary/aromatic N) is 2. The maximum absolute atomic E-state index is 14.7. The number of methoxy groups -OCH3 is 1. The fourth-order valence-corrected chi connectivity index (χ4v) is 8.57. The van der Waals surface area contributed by atoms with Crippen molar-refractivity contribution in [3.8, 4) is 5.75 Å². The van der Waals surface area contributed by atoms with Gasteiger partial charge in [-0.1, -0.05) is 52.4 Å². The van der Waals surface area contributed by atoms with E-state index in [1.807, 2.05) is 23.1 Å². The minimum Gasteiger partial charge on any atom is -0.497 e. The summed E-state index contributed by atoms with van der Waals surface area (Å²) in [6.07, 6.45) is 12.8.